The lowest BCUT2D eigenvalue weighted by Crippen LogP contribution is -2.15. The molecule has 0 atom stereocenters. The summed E-state index contributed by atoms with van der Waals surface area (Å²) in [4.78, 5) is 12.3. The van der Waals surface area contributed by atoms with Crippen LogP contribution in [0.15, 0.2) is 29.2 Å². The van der Waals surface area contributed by atoms with Crippen LogP contribution in [0, 0.1) is 0 Å². The van der Waals surface area contributed by atoms with E-state index in [1.54, 1.807) is 11.8 Å². The van der Waals surface area contributed by atoms with Gasteiger partial charge < -0.3 is 10.1 Å². The van der Waals surface area contributed by atoms with Gasteiger partial charge in [0, 0.05) is 23.9 Å². The molecule has 0 aliphatic heterocycles. The monoisotopic (exact) mass is 279 g/mol. The highest BCUT2D eigenvalue weighted by molar-refractivity contribution is 7.99. The second-order valence-corrected chi connectivity index (χ2v) is 6.00. The van der Waals surface area contributed by atoms with E-state index in [0.29, 0.717) is 6.42 Å². The average Bonchev–Trinajstić information content (AvgIpc) is 3.26. The van der Waals surface area contributed by atoms with Gasteiger partial charge in [-0.25, -0.2) is 0 Å². The second kappa shape index (κ2) is 7.56. The second-order valence-electron chi connectivity index (χ2n) is 4.83. The summed E-state index contributed by atoms with van der Waals surface area (Å²) in [6.45, 7) is 0.960. The first-order chi connectivity index (χ1) is 9.28. The summed E-state index contributed by atoms with van der Waals surface area (Å²) in [6, 6.07) is 9.37. The highest BCUT2D eigenvalue weighted by atomic mass is 32.2. The minimum atomic E-state index is -0.122. The number of esters is 1. The molecular formula is C15H21NO2S. The third kappa shape index (κ3) is 5.66. The Morgan fingerprint density at radius 2 is 2.32 bits per heavy atom. The number of carbonyl (C=O) groups excluding carboxylic acids is 1. The fourth-order valence-corrected chi connectivity index (χ4v) is 2.74. The summed E-state index contributed by atoms with van der Waals surface area (Å²) in [5.74, 6) is 0.831. The molecule has 1 saturated carbocycles. The SMILES string of the molecule is COC(=O)CCCSc1cccc(CNC2CC2)c1. The van der Waals surface area contributed by atoms with Gasteiger partial charge in [0.1, 0.15) is 0 Å². The van der Waals surface area contributed by atoms with Gasteiger partial charge in [0.15, 0.2) is 0 Å². The van der Waals surface area contributed by atoms with Crippen LogP contribution < -0.4 is 5.32 Å². The largest absolute Gasteiger partial charge is 0.469 e. The number of benzene rings is 1. The molecule has 0 radical (unpaired) electrons. The summed E-state index contributed by atoms with van der Waals surface area (Å²) in [6.07, 6.45) is 4.01. The van der Waals surface area contributed by atoms with E-state index in [0.717, 1.165) is 24.8 Å². The van der Waals surface area contributed by atoms with Crippen molar-refractivity contribution in [3.63, 3.8) is 0 Å². The van der Waals surface area contributed by atoms with E-state index in [1.807, 2.05) is 0 Å². The van der Waals surface area contributed by atoms with E-state index in [1.165, 1.54) is 30.4 Å². The van der Waals surface area contributed by atoms with Crippen molar-refractivity contribution in [2.75, 3.05) is 12.9 Å². The molecule has 0 spiro atoms. The van der Waals surface area contributed by atoms with Crippen molar-refractivity contribution in [3.05, 3.63) is 29.8 Å². The van der Waals surface area contributed by atoms with Crippen LogP contribution in [0.25, 0.3) is 0 Å². The molecule has 1 aromatic rings. The highest BCUT2D eigenvalue weighted by Gasteiger charge is 2.19. The first-order valence-electron chi connectivity index (χ1n) is 6.80. The minimum absolute atomic E-state index is 0.122. The lowest BCUT2D eigenvalue weighted by atomic mass is 10.2. The Kier molecular flexibility index (Phi) is 5.73. The topological polar surface area (TPSA) is 38.3 Å². The molecule has 19 heavy (non-hydrogen) atoms. The zero-order valence-electron chi connectivity index (χ0n) is 11.4. The molecule has 0 amide bonds. The van der Waals surface area contributed by atoms with Gasteiger partial charge in [-0.05, 0) is 42.7 Å². The van der Waals surface area contributed by atoms with Crippen LogP contribution in [0.2, 0.25) is 0 Å². The summed E-state index contributed by atoms with van der Waals surface area (Å²) < 4.78 is 4.63. The standard InChI is InChI=1S/C15H21NO2S/c1-18-15(17)6-3-9-19-14-5-2-4-12(10-14)11-16-13-7-8-13/h2,4-5,10,13,16H,3,6-9,11H2,1H3. The van der Waals surface area contributed by atoms with Gasteiger partial charge >= 0.3 is 5.97 Å². The normalized spacial score (nSPS) is 14.4. The van der Waals surface area contributed by atoms with E-state index >= 15 is 0 Å². The number of hydrogen-bond donors (Lipinski definition) is 1. The van der Waals surface area contributed by atoms with Crippen molar-refractivity contribution in [3.8, 4) is 0 Å². The van der Waals surface area contributed by atoms with Crippen LogP contribution in [-0.2, 0) is 16.1 Å². The lowest BCUT2D eigenvalue weighted by Gasteiger charge is -2.06. The van der Waals surface area contributed by atoms with Gasteiger partial charge in [0.2, 0.25) is 0 Å². The molecule has 4 heteroatoms. The molecule has 1 aromatic carbocycles. The van der Waals surface area contributed by atoms with Crippen molar-refractivity contribution >= 4 is 17.7 Å². The fourth-order valence-electron chi connectivity index (χ4n) is 1.80. The van der Waals surface area contributed by atoms with Crippen molar-refractivity contribution < 1.29 is 9.53 Å². The minimum Gasteiger partial charge on any atom is -0.469 e. The molecule has 1 N–H and O–H groups in total. The summed E-state index contributed by atoms with van der Waals surface area (Å²) in [5.41, 5.74) is 1.34. The molecule has 1 aliphatic rings. The van der Waals surface area contributed by atoms with Crippen molar-refractivity contribution in [1.82, 2.24) is 5.32 Å². The third-order valence-electron chi connectivity index (χ3n) is 3.09. The van der Waals surface area contributed by atoms with E-state index in [2.05, 4.69) is 34.3 Å². The predicted octanol–water partition coefficient (Wildman–Crippen LogP) is 2.98. The predicted molar refractivity (Wildman–Crippen MR) is 78.3 cm³/mol. The van der Waals surface area contributed by atoms with Gasteiger partial charge in [-0.1, -0.05) is 12.1 Å². The van der Waals surface area contributed by atoms with Crippen molar-refractivity contribution in [2.24, 2.45) is 0 Å². The van der Waals surface area contributed by atoms with Gasteiger partial charge in [-0.3, -0.25) is 4.79 Å². The molecule has 0 bridgehead atoms. The molecule has 3 nitrogen and oxygen atoms in total. The van der Waals surface area contributed by atoms with Gasteiger partial charge in [-0.15, -0.1) is 11.8 Å². The molecule has 104 valence electrons. The van der Waals surface area contributed by atoms with Gasteiger partial charge in [0.25, 0.3) is 0 Å². The Bertz CT molecular complexity index is 418. The fraction of sp³-hybridized carbons (Fsp3) is 0.533. The Morgan fingerprint density at radius 3 is 3.05 bits per heavy atom. The number of thioether (sulfide) groups is 1. The average molecular weight is 279 g/mol. The van der Waals surface area contributed by atoms with E-state index in [9.17, 15) is 4.79 Å². The smallest absolute Gasteiger partial charge is 0.305 e. The number of ether oxygens (including phenoxy) is 1. The molecule has 0 heterocycles. The highest BCUT2D eigenvalue weighted by Crippen LogP contribution is 2.22. The Labute approximate surface area is 119 Å². The zero-order chi connectivity index (χ0) is 13.5. The summed E-state index contributed by atoms with van der Waals surface area (Å²) >= 11 is 1.80. The first-order valence-corrected chi connectivity index (χ1v) is 7.78. The van der Waals surface area contributed by atoms with E-state index < -0.39 is 0 Å². The van der Waals surface area contributed by atoms with Gasteiger partial charge in [0.05, 0.1) is 7.11 Å². The number of methoxy groups -OCH3 is 1. The summed E-state index contributed by atoms with van der Waals surface area (Å²) in [5, 5.41) is 3.52. The van der Waals surface area contributed by atoms with Crippen LogP contribution in [0.5, 0.6) is 0 Å². The Balaban J connectivity index is 1.70. The Hall–Kier alpha value is -1.00. The lowest BCUT2D eigenvalue weighted by molar-refractivity contribution is -0.140. The molecule has 2 rings (SSSR count). The molecule has 0 saturated heterocycles. The van der Waals surface area contributed by atoms with E-state index in [4.69, 9.17) is 0 Å². The van der Waals surface area contributed by atoms with Crippen molar-refractivity contribution in [1.29, 1.82) is 0 Å². The molecule has 1 fully saturated rings. The third-order valence-corrected chi connectivity index (χ3v) is 4.17. The van der Waals surface area contributed by atoms with Crippen LogP contribution in [0.1, 0.15) is 31.2 Å². The number of hydrogen-bond acceptors (Lipinski definition) is 4. The molecule has 0 aromatic heterocycles. The zero-order valence-corrected chi connectivity index (χ0v) is 12.2. The molecule has 0 unspecified atom stereocenters. The number of rotatable bonds is 8. The maximum atomic E-state index is 11.0. The maximum Gasteiger partial charge on any atom is 0.305 e. The quantitative estimate of drug-likeness (QED) is 0.451. The van der Waals surface area contributed by atoms with E-state index in [-0.39, 0.29) is 5.97 Å². The van der Waals surface area contributed by atoms with Gasteiger partial charge in [-0.2, -0.15) is 0 Å². The number of nitrogens with one attached hydrogen (secondary N) is 1. The molecular weight excluding hydrogens is 258 g/mol. The van der Waals surface area contributed by atoms with Crippen molar-refractivity contribution in [2.45, 2.75) is 43.2 Å². The molecule has 1 aliphatic carbocycles. The van der Waals surface area contributed by atoms with Crippen LogP contribution >= 0.6 is 11.8 Å². The van der Waals surface area contributed by atoms with Crippen LogP contribution in [0.4, 0.5) is 0 Å². The number of carbonyl (C=O) groups is 1. The first kappa shape index (κ1) is 14.4. The maximum absolute atomic E-state index is 11.0. The Morgan fingerprint density at radius 1 is 1.47 bits per heavy atom. The van der Waals surface area contributed by atoms with Crippen LogP contribution in [-0.4, -0.2) is 24.9 Å². The summed E-state index contributed by atoms with van der Waals surface area (Å²) in [7, 11) is 1.44. The van der Waals surface area contributed by atoms with Crippen LogP contribution in [0.3, 0.4) is 0 Å².